The van der Waals surface area contributed by atoms with Crippen LogP contribution in [0.25, 0.3) is 22.0 Å². The SMILES string of the molecule is Cn1ncc(-c2cccc3c(Br)cn(C)c23)c1N. The second-order valence-electron chi connectivity index (χ2n) is 4.36. The van der Waals surface area contributed by atoms with Crippen LogP contribution in [0.1, 0.15) is 0 Å². The van der Waals surface area contributed by atoms with Crippen molar-refractivity contribution in [1.82, 2.24) is 14.3 Å². The molecule has 0 amide bonds. The number of nitrogens with two attached hydrogens (primary N) is 1. The summed E-state index contributed by atoms with van der Waals surface area (Å²) in [5, 5.41) is 5.39. The van der Waals surface area contributed by atoms with Crippen LogP contribution in [0.15, 0.2) is 35.1 Å². The lowest BCUT2D eigenvalue weighted by Gasteiger charge is -2.05. The summed E-state index contributed by atoms with van der Waals surface area (Å²) >= 11 is 3.58. The number of fused-ring (bicyclic) bond motifs is 1. The van der Waals surface area contributed by atoms with Crippen molar-refractivity contribution in [3.63, 3.8) is 0 Å². The molecule has 3 aromatic rings. The van der Waals surface area contributed by atoms with E-state index >= 15 is 0 Å². The first-order chi connectivity index (χ1) is 8.59. The molecule has 0 saturated heterocycles. The number of para-hydroxylation sites is 1. The maximum absolute atomic E-state index is 6.06. The Hall–Kier alpha value is -1.75. The number of halogens is 1. The molecule has 0 spiro atoms. The number of hydrogen-bond acceptors (Lipinski definition) is 2. The summed E-state index contributed by atoms with van der Waals surface area (Å²) in [6.07, 6.45) is 3.87. The first kappa shape index (κ1) is 11.3. The van der Waals surface area contributed by atoms with Crippen LogP contribution < -0.4 is 5.73 Å². The summed E-state index contributed by atoms with van der Waals surface area (Å²) in [4.78, 5) is 0. The third-order valence-corrected chi connectivity index (χ3v) is 3.86. The molecule has 3 rings (SSSR count). The van der Waals surface area contributed by atoms with E-state index in [1.807, 2.05) is 26.4 Å². The number of anilines is 1. The normalized spacial score (nSPS) is 11.3. The molecule has 0 unspecified atom stereocenters. The van der Waals surface area contributed by atoms with Crippen LogP contribution in [0.5, 0.6) is 0 Å². The molecular formula is C13H13BrN4. The highest BCUT2D eigenvalue weighted by Gasteiger charge is 2.14. The highest BCUT2D eigenvalue weighted by atomic mass is 79.9. The summed E-state index contributed by atoms with van der Waals surface area (Å²) in [5.74, 6) is 0.680. The Morgan fingerprint density at radius 3 is 2.67 bits per heavy atom. The van der Waals surface area contributed by atoms with E-state index in [9.17, 15) is 0 Å². The molecule has 18 heavy (non-hydrogen) atoms. The minimum absolute atomic E-state index is 0.680. The van der Waals surface area contributed by atoms with Gasteiger partial charge in [0.15, 0.2) is 0 Å². The van der Waals surface area contributed by atoms with Gasteiger partial charge in [0.25, 0.3) is 0 Å². The molecule has 0 aliphatic carbocycles. The second-order valence-corrected chi connectivity index (χ2v) is 5.21. The van der Waals surface area contributed by atoms with E-state index in [1.165, 1.54) is 5.39 Å². The molecule has 4 nitrogen and oxygen atoms in total. The molecule has 2 aromatic heterocycles. The Bertz CT molecular complexity index is 739. The highest BCUT2D eigenvalue weighted by Crippen LogP contribution is 2.35. The fourth-order valence-corrected chi connectivity index (χ4v) is 2.92. The van der Waals surface area contributed by atoms with Crippen molar-refractivity contribution in [3.05, 3.63) is 35.1 Å². The lowest BCUT2D eigenvalue weighted by molar-refractivity contribution is 0.779. The van der Waals surface area contributed by atoms with Crippen molar-refractivity contribution in [2.24, 2.45) is 14.1 Å². The average Bonchev–Trinajstić information content (AvgIpc) is 2.83. The molecule has 5 heteroatoms. The van der Waals surface area contributed by atoms with Crippen molar-refractivity contribution in [1.29, 1.82) is 0 Å². The van der Waals surface area contributed by atoms with E-state index in [0.29, 0.717) is 5.82 Å². The summed E-state index contributed by atoms with van der Waals surface area (Å²) in [6, 6.07) is 6.20. The van der Waals surface area contributed by atoms with Gasteiger partial charge in [-0.25, -0.2) is 0 Å². The number of nitrogen functional groups attached to an aromatic ring is 1. The number of nitrogens with zero attached hydrogens (tertiary/aromatic N) is 3. The van der Waals surface area contributed by atoms with E-state index < -0.39 is 0 Å². The van der Waals surface area contributed by atoms with Gasteiger partial charge in [-0.05, 0) is 15.9 Å². The molecule has 0 aliphatic heterocycles. The van der Waals surface area contributed by atoms with Gasteiger partial charge >= 0.3 is 0 Å². The van der Waals surface area contributed by atoms with Crippen LogP contribution in [0.2, 0.25) is 0 Å². The lowest BCUT2D eigenvalue weighted by atomic mass is 10.1. The number of aromatic nitrogens is 3. The largest absolute Gasteiger partial charge is 0.383 e. The Kier molecular flexibility index (Phi) is 2.45. The maximum atomic E-state index is 6.06. The van der Waals surface area contributed by atoms with Crippen LogP contribution in [-0.2, 0) is 14.1 Å². The first-order valence-electron chi connectivity index (χ1n) is 5.61. The van der Waals surface area contributed by atoms with Crippen LogP contribution in [0.3, 0.4) is 0 Å². The summed E-state index contributed by atoms with van der Waals surface area (Å²) < 4.78 is 4.87. The average molecular weight is 305 g/mol. The monoisotopic (exact) mass is 304 g/mol. The Balaban J connectivity index is 2.39. The second kappa shape index (κ2) is 3.88. The maximum Gasteiger partial charge on any atom is 0.129 e. The Morgan fingerprint density at radius 2 is 2.00 bits per heavy atom. The topological polar surface area (TPSA) is 48.8 Å². The number of aryl methyl sites for hydroxylation is 2. The minimum atomic E-state index is 0.680. The summed E-state index contributed by atoms with van der Waals surface area (Å²) in [5.41, 5.74) is 9.29. The molecule has 0 atom stereocenters. The van der Waals surface area contributed by atoms with Gasteiger partial charge in [0, 0.05) is 41.3 Å². The van der Waals surface area contributed by atoms with E-state index in [4.69, 9.17) is 5.73 Å². The molecule has 2 N–H and O–H groups in total. The van der Waals surface area contributed by atoms with Crippen LogP contribution in [0, 0.1) is 0 Å². The van der Waals surface area contributed by atoms with Gasteiger partial charge in [-0.1, -0.05) is 18.2 Å². The van der Waals surface area contributed by atoms with Gasteiger partial charge in [-0.15, -0.1) is 0 Å². The molecule has 1 aromatic carbocycles. The van der Waals surface area contributed by atoms with Crippen molar-refractivity contribution in [3.8, 4) is 11.1 Å². The zero-order valence-electron chi connectivity index (χ0n) is 10.2. The Morgan fingerprint density at radius 1 is 1.22 bits per heavy atom. The van der Waals surface area contributed by atoms with Gasteiger partial charge in [0.2, 0.25) is 0 Å². The van der Waals surface area contributed by atoms with Gasteiger partial charge in [-0.3, -0.25) is 4.68 Å². The van der Waals surface area contributed by atoms with Gasteiger partial charge in [-0.2, -0.15) is 5.10 Å². The van der Waals surface area contributed by atoms with E-state index in [2.05, 4.69) is 43.9 Å². The quantitative estimate of drug-likeness (QED) is 0.751. The first-order valence-corrected chi connectivity index (χ1v) is 6.40. The third kappa shape index (κ3) is 1.47. The molecule has 92 valence electrons. The minimum Gasteiger partial charge on any atom is -0.383 e. The van der Waals surface area contributed by atoms with Crippen LogP contribution >= 0.6 is 15.9 Å². The predicted octanol–water partition coefficient (Wildman–Crippen LogP) is 2.92. The Labute approximate surface area is 113 Å². The van der Waals surface area contributed by atoms with Crippen molar-refractivity contribution in [2.45, 2.75) is 0 Å². The molecular weight excluding hydrogens is 292 g/mol. The van der Waals surface area contributed by atoms with Gasteiger partial charge in [0.1, 0.15) is 5.82 Å². The number of rotatable bonds is 1. The lowest BCUT2D eigenvalue weighted by Crippen LogP contribution is -1.98. The molecule has 0 fully saturated rings. The third-order valence-electron chi connectivity index (χ3n) is 3.23. The molecule has 0 aliphatic rings. The summed E-state index contributed by atoms with van der Waals surface area (Å²) in [7, 11) is 3.88. The van der Waals surface area contributed by atoms with Crippen molar-refractivity contribution in [2.75, 3.05) is 5.73 Å². The van der Waals surface area contributed by atoms with E-state index in [1.54, 1.807) is 4.68 Å². The molecule has 2 heterocycles. The van der Waals surface area contributed by atoms with Crippen molar-refractivity contribution >= 4 is 32.7 Å². The highest BCUT2D eigenvalue weighted by molar-refractivity contribution is 9.10. The fourth-order valence-electron chi connectivity index (χ4n) is 2.29. The van der Waals surface area contributed by atoms with Gasteiger partial charge in [0.05, 0.1) is 11.7 Å². The van der Waals surface area contributed by atoms with Crippen LogP contribution in [-0.4, -0.2) is 14.3 Å². The molecule has 0 radical (unpaired) electrons. The van der Waals surface area contributed by atoms with E-state index in [-0.39, 0.29) is 0 Å². The zero-order chi connectivity index (χ0) is 12.9. The standard InChI is InChI=1S/C13H13BrN4/c1-17-7-11(14)9-5-3-4-8(12(9)17)10-6-16-18(2)13(10)15/h3-7H,15H2,1-2H3. The smallest absolute Gasteiger partial charge is 0.129 e. The van der Waals surface area contributed by atoms with Crippen molar-refractivity contribution < 1.29 is 0 Å². The van der Waals surface area contributed by atoms with Crippen LogP contribution in [0.4, 0.5) is 5.82 Å². The predicted molar refractivity (Wildman–Crippen MR) is 77.2 cm³/mol. The zero-order valence-corrected chi connectivity index (χ0v) is 11.8. The number of benzene rings is 1. The number of hydrogen-bond donors (Lipinski definition) is 1. The molecule has 0 saturated carbocycles. The summed E-state index contributed by atoms with van der Waals surface area (Å²) in [6.45, 7) is 0. The fraction of sp³-hybridized carbons (Fsp3) is 0.154. The van der Waals surface area contributed by atoms with E-state index in [0.717, 1.165) is 21.1 Å². The molecule has 0 bridgehead atoms. The van der Waals surface area contributed by atoms with Gasteiger partial charge < -0.3 is 10.3 Å².